The standard InChI is InChI=1S/C18H21N5O2/c1-12-4-6-15(7-5-12)16(20-14(3)24)10-17-21-18(22-25-17)13(2)23-9-8-19-11-23/h4-9,11,13,16H,10H2,1-3H3,(H,20,24)/t13-,16+/m0/s1. The highest BCUT2D eigenvalue weighted by molar-refractivity contribution is 5.73. The Balaban J connectivity index is 1.78. The molecule has 0 bridgehead atoms. The normalized spacial score (nSPS) is 13.4. The van der Waals surface area contributed by atoms with Gasteiger partial charge in [-0.25, -0.2) is 4.98 Å². The average Bonchev–Trinajstić information content (AvgIpc) is 3.26. The first kappa shape index (κ1) is 16.9. The smallest absolute Gasteiger partial charge is 0.229 e. The summed E-state index contributed by atoms with van der Waals surface area (Å²) in [5, 5.41) is 7.01. The number of rotatable bonds is 6. The lowest BCUT2D eigenvalue weighted by atomic mass is 10.0. The molecule has 0 radical (unpaired) electrons. The first-order chi connectivity index (χ1) is 12.0. The number of hydrogen-bond donors (Lipinski definition) is 1. The maximum Gasteiger partial charge on any atom is 0.229 e. The molecule has 0 spiro atoms. The van der Waals surface area contributed by atoms with Crippen LogP contribution >= 0.6 is 0 Å². The van der Waals surface area contributed by atoms with Gasteiger partial charge in [-0.05, 0) is 19.4 Å². The third kappa shape index (κ3) is 4.12. The fraction of sp³-hybridized carbons (Fsp3) is 0.333. The second kappa shape index (κ2) is 7.29. The van der Waals surface area contributed by atoms with Crippen LogP contribution in [0.4, 0.5) is 0 Å². The molecule has 25 heavy (non-hydrogen) atoms. The summed E-state index contributed by atoms with van der Waals surface area (Å²) in [4.78, 5) is 20.1. The molecule has 2 aromatic heterocycles. The van der Waals surface area contributed by atoms with Gasteiger partial charge >= 0.3 is 0 Å². The molecular formula is C18H21N5O2. The topological polar surface area (TPSA) is 85.8 Å². The maximum absolute atomic E-state index is 11.6. The lowest BCUT2D eigenvalue weighted by Crippen LogP contribution is -2.27. The highest BCUT2D eigenvalue weighted by atomic mass is 16.5. The molecule has 1 amide bonds. The monoisotopic (exact) mass is 339 g/mol. The van der Waals surface area contributed by atoms with Gasteiger partial charge in [0.15, 0.2) is 5.82 Å². The van der Waals surface area contributed by atoms with Gasteiger partial charge in [0.05, 0.1) is 24.8 Å². The Morgan fingerprint density at radius 3 is 2.72 bits per heavy atom. The van der Waals surface area contributed by atoms with E-state index in [2.05, 4.69) is 20.4 Å². The van der Waals surface area contributed by atoms with Crippen molar-refractivity contribution >= 4 is 5.91 Å². The SMILES string of the molecule is CC(=O)N[C@H](Cc1nc([C@H](C)n2ccnc2)no1)c1ccc(C)cc1. The van der Waals surface area contributed by atoms with Crippen molar-refractivity contribution in [1.29, 1.82) is 0 Å². The van der Waals surface area contributed by atoms with Crippen molar-refractivity contribution in [2.45, 2.75) is 39.3 Å². The molecule has 2 heterocycles. The van der Waals surface area contributed by atoms with E-state index in [4.69, 9.17) is 4.52 Å². The Labute approximate surface area is 146 Å². The van der Waals surface area contributed by atoms with E-state index in [1.54, 1.807) is 12.5 Å². The van der Waals surface area contributed by atoms with Crippen molar-refractivity contribution in [3.8, 4) is 0 Å². The van der Waals surface area contributed by atoms with Crippen molar-refractivity contribution in [2.24, 2.45) is 0 Å². The minimum atomic E-state index is -0.213. The van der Waals surface area contributed by atoms with Gasteiger partial charge in [-0.3, -0.25) is 4.79 Å². The summed E-state index contributed by atoms with van der Waals surface area (Å²) >= 11 is 0. The molecule has 0 unspecified atom stereocenters. The van der Waals surface area contributed by atoms with E-state index in [0.717, 1.165) is 5.56 Å². The Kier molecular flexibility index (Phi) is 4.92. The Morgan fingerprint density at radius 1 is 1.32 bits per heavy atom. The summed E-state index contributed by atoms with van der Waals surface area (Å²) in [5.41, 5.74) is 2.17. The van der Waals surface area contributed by atoms with E-state index in [-0.39, 0.29) is 18.0 Å². The van der Waals surface area contributed by atoms with Crippen molar-refractivity contribution in [3.63, 3.8) is 0 Å². The molecule has 0 aliphatic rings. The summed E-state index contributed by atoms with van der Waals surface area (Å²) in [6.07, 6.45) is 5.72. The first-order valence-electron chi connectivity index (χ1n) is 8.16. The van der Waals surface area contributed by atoms with Gasteiger partial charge in [-0.15, -0.1) is 0 Å². The molecule has 1 aromatic carbocycles. The molecule has 1 N–H and O–H groups in total. The minimum Gasteiger partial charge on any atom is -0.349 e. The number of carbonyl (C=O) groups is 1. The van der Waals surface area contributed by atoms with Gasteiger partial charge in [0.2, 0.25) is 11.8 Å². The van der Waals surface area contributed by atoms with Gasteiger partial charge in [0.25, 0.3) is 0 Å². The molecule has 0 aliphatic carbocycles. The zero-order valence-electron chi connectivity index (χ0n) is 14.5. The van der Waals surface area contributed by atoms with Crippen LogP contribution in [0.2, 0.25) is 0 Å². The average molecular weight is 339 g/mol. The number of nitrogens with zero attached hydrogens (tertiary/aromatic N) is 4. The van der Waals surface area contributed by atoms with E-state index < -0.39 is 0 Å². The molecule has 7 heteroatoms. The zero-order chi connectivity index (χ0) is 17.8. The van der Waals surface area contributed by atoms with E-state index >= 15 is 0 Å². The second-order valence-electron chi connectivity index (χ2n) is 6.10. The predicted octanol–water partition coefficient (Wildman–Crippen LogP) is 2.60. The second-order valence-corrected chi connectivity index (χ2v) is 6.10. The van der Waals surface area contributed by atoms with Crippen LogP contribution in [-0.2, 0) is 11.2 Å². The lowest BCUT2D eigenvalue weighted by molar-refractivity contribution is -0.119. The number of imidazole rings is 1. The van der Waals surface area contributed by atoms with Crippen LogP contribution in [0.25, 0.3) is 0 Å². The maximum atomic E-state index is 11.6. The molecule has 7 nitrogen and oxygen atoms in total. The fourth-order valence-electron chi connectivity index (χ4n) is 2.62. The zero-order valence-corrected chi connectivity index (χ0v) is 14.5. The third-order valence-electron chi connectivity index (χ3n) is 4.07. The molecule has 3 aromatic rings. The van der Waals surface area contributed by atoms with E-state index in [1.165, 1.54) is 12.5 Å². The van der Waals surface area contributed by atoms with Gasteiger partial charge in [0, 0.05) is 19.3 Å². The minimum absolute atomic E-state index is 0.0707. The number of carbonyl (C=O) groups excluding carboxylic acids is 1. The highest BCUT2D eigenvalue weighted by Gasteiger charge is 2.20. The Morgan fingerprint density at radius 2 is 2.08 bits per heavy atom. The molecule has 0 saturated heterocycles. The molecular weight excluding hydrogens is 318 g/mol. The lowest BCUT2D eigenvalue weighted by Gasteiger charge is -2.16. The van der Waals surface area contributed by atoms with Crippen LogP contribution in [0.3, 0.4) is 0 Å². The molecule has 0 aliphatic heterocycles. The van der Waals surface area contributed by atoms with Crippen molar-refractivity contribution in [1.82, 2.24) is 25.0 Å². The Bertz CT molecular complexity index is 824. The van der Waals surface area contributed by atoms with E-state index in [0.29, 0.717) is 18.1 Å². The van der Waals surface area contributed by atoms with Gasteiger partial charge in [0.1, 0.15) is 0 Å². The van der Waals surface area contributed by atoms with Gasteiger partial charge in [-0.1, -0.05) is 35.0 Å². The number of nitrogens with one attached hydrogen (secondary N) is 1. The van der Waals surface area contributed by atoms with E-state index in [1.807, 2.05) is 48.9 Å². The van der Waals surface area contributed by atoms with Crippen molar-refractivity contribution in [2.75, 3.05) is 0 Å². The predicted molar refractivity (Wildman–Crippen MR) is 91.8 cm³/mol. The number of benzene rings is 1. The quantitative estimate of drug-likeness (QED) is 0.746. The van der Waals surface area contributed by atoms with Crippen LogP contribution in [0, 0.1) is 6.92 Å². The summed E-state index contributed by atoms with van der Waals surface area (Å²) < 4.78 is 7.30. The van der Waals surface area contributed by atoms with Crippen LogP contribution in [0.1, 0.15) is 48.8 Å². The molecule has 2 atom stereocenters. The third-order valence-corrected chi connectivity index (χ3v) is 4.07. The number of hydrogen-bond acceptors (Lipinski definition) is 5. The molecule has 3 rings (SSSR count). The van der Waals surface area contributed by atoms with Crippen LogP contribution in [-0.4, -0.2) is 25.6 Å². The number of aromatic nitrogens is 4. The summed E-state index contributed by atoms with van der Waals surface area (Å²) in [5.74, 6) is 0.969. The van der Waals surface area contributed by atoms with Crippen LogP contribution < -0.4 is 5.32 Å². The largest absolute Gasteiger partial charge is 0.349 e. The summed E-state index contributed by atoms with van der Waals surface area (Å²) in [6.45, 7) is 5.50. The molecule has 0 fully saturated rings. The van der Waals surface area contributed by atoms with Crippen LogP contribution in [0.5, 0.6) is 0 Å². The number of amides is 1. The summed E-state index contributed by atoms with van der Waals surface area (Å²) in [6, 6.07) is 7.76. The van der Waals surface area contributed by atoms with Crippen molar-refractivity contribution < 1.29 is 9.32 Å². The van der Waals surface area contributed by atoms with Gasteiger partial charge in [-0.2, -0.15) is 4.98 Å². The highest BCUT2D eigenvalue weighted by Crippen LogP contribution is 2.20. The van der Waals surface area contributed by atoms with E-state index in [9.17, 15) is 4.79 Å². The van der Waals surface area contributed by atoms with Gasteiger partial charge < -0.3 is 14.4 Å². The number of aryl methyl sites for hydroxylation is 1. The molecule has 0 saturated carbocycles. The summed E-state index contributed by atoms with van der Waals surface area (Å²) in [7, 11) is 0. The molecule has 130 valence electrons. The van der Waals surface area contributed by atoms with Crippen LogP contribution in [0.15, 0.2) is 47.5 Å². The van der Waals surface area contributed by atoms with Crippen molar-refractivity contribution in [3.05, 3.63) is 65.8 Å². The fourth-order valence-corrected chi connectivity index (χ4v) is 2.62. The Hall–Kier alpha value is -2.96. The first-order valence-corrected chi connectivity index (χ1v) is 8.16.